The van der Waals surface area contributed by atoms with Crippen LogP contribution in [0.5, 0.6) is 0 Å². The molecule has 2 rings (SSSR count). The first-order valence-corrected chi connectivity index (χ1v) is 7.18. The highest BCUT2D eigenvalue weighted by Crippen LogP contribution is 2.27. The van der Waals surface area contributed by atoms with Crippen LogP contribution in [-0.2, 0) is 0 Å². The molecular formula is C17H18N2O3. The van der Waals surface area contributed by atoms with Gasteiger partial charge in [-0.3, -0.25) is 14.9 Å². The molecule has 0 unspecified atom stereocenters. The maximum atomic E-state index is 12.4. The first-order valence-electron chi connectivity index (χ1n) is 7.18. The number of carbonyl (C=O) groups excluding carboxylic acids is 1. The zero-order valence-electron chi connectivity index (χ0n) is 12.6. The van der Waals surface area contributed by atoms with Crippen molar-refractivity contribution in [2.45, 2.75) is 26.2 Å². The summed E-state index contributed by atoms with van der Waals surface area (Å²) < 4.78 is 0. The van der Waals surface area contributed by atoms with Crippen molar-refractivity contribution in [3.8, 4) is 0 Å². The number of hydrogen-bond acceptors (Lipinski definition) is 3. The summed E-state index contributed by atoms with van der Waals surface area (Å²) in [5.74, 6) is -0.176. The van der Waals surface area contributed by atoms with Crippen LogP contribution in [0.3, 0.4) is 0 Å². The molecule has 0 fully saturated rings. The number of nitrogens with one attached hydrogen (secondary N) is 1. The fourth-order valence-corrected chi connectivity index (χ4v) is 2.27. The molecule has 0 bridgehead atoms. The lowest BCUT2D eigenvalue weighted by molar-refractivity contribution is -0.385. The first-order chi connectivity index (χ1) is 10.5. The van der Waals surface area contributed by atoms with Crippen LogP contribution in [0.4, 0.5) is 11.4 Å². The lowest BCUT2D eigenvalue weighted by Gasteiger charge is -2.15. The third kappa shape index (κ3) is 3.31. The lowest BCUT2D eigenvalue weighted by Crippen LogP contribution is -2.15. The fourth-order valence-electron chi connectivity index (χ4n) is 2.27. The Kier molecular flexibility index (Phi) is 4.88. The van der Waals surface area contributed by atoms with Crippen molar-refractivity contribution in [2.24, 2.45) is 0 Å². The van der Waals surface area contributed by atoms with Gasteiger partial charge in [-0.05, 0) is 30.0 Å². The molecule has 2 aromatic rings. The Bertz CT molecular complexity index is 698. The average molecular weight is 298 g/mol. The normalized spacial score (nSPS) is 11.7. The van der Waals surface area contributed by atoms with Gasteiger partial charge in [0, 0.05) is 11.8 Å². The molecule has 0 aliphatic carbocycles. The van der Waals surface area contributed by atoms with Gasteiger partial charge in [-0.2, -0.15) is 0 Å². The molecule has 114 valence electrons. The van der Waals surface area contributed by atoms with Gasteiger partial charge in [0.2, 0.25) is 0 Å². The monoisotopic (exact) mass is 298 g/mol. The Morgan fingerprint density at radius 3 is 2.50 bits per heavy atom. The van der Waals surface area contributed by atoms with E-state index in [-0.39, 0.29) is 11.3 Å². The van der Waals surface area contributed by atoms with Gasteiger partial charge in [-0.25, -0.2) is 0 Å². The maximum absolute atomic E-state index is 12.4. The molecule has 0 aromatic heterocycles. The van der Waals surface area contributed by atoms with Gasteiger partial charge in [0.15, 0.2) is 0 Å². The van der Waals surface area contributed by atoms with E-state index in [0.29, 0.717) is 11.6 Å². The highest BCUT2D eigenvalue weighted by molar-refractivity contribution is 6.07. The Hall–Kier alpha value is -2.69. The third-order valence-corrected chi connectivity index (χ3v) is 3.70. The zero-order chi connectivity index (χ0) is 16.1. The highest BCUT2D eigenvalue weighted by Gasteiger charge is 2.20. The van der Waals surface area contributed by atoms with Crippen LogP contribution in [-0.4, -0.2) is 10.8 Å². The molecule has 0 aliphatic rings. The molecule has 22 heavy (non-hydrogen) atoms. The van der Waals surface area contributed by atoms with Crippen molar-refractivity contribution < 1.29 is 9.72 Å². The minimum atomic E-state index is -0.546. The van der Waals surface area contributed by atoms with E-state index >= 15 is 0 Å². The van der Waals surface area contributed by atoms with Crippen molar-refractivity contribution in [1.82, 2.24) is 0 Å². The Balaban J connectivity index is 2.33. The molecule has 1 amide bonds. The van der Waals surface area contributed by atoms with Crippen LogP contribution in [0, 0.1) is 10.1 Å². The minimum Gasteiger partial charge on any atom is -0.322 e. The Labute approximate surface area is 129 Å². The topological polar surface area (TPSA) is 72.2 Å². The molecule has 5 nitrogen and oxygen atoms in total. The van der Waals surface area contributed by atoms with Crippen molar-refractivity contribution >= 4 is 17.3 Å². The predicted octanol–water partition coefficient (Wildman–Crippen LogP) is 4.36. The molecule has 1 atom stereocenters. The van der Waals surface area contributed by atoms with E-state index in [9.17, 15) is 14.9 Å². The molecular weight excluding hydrogens is 280 g/mol. The van der Waals surface area contributed by atoms with E-state index in [1.54, 1.807) is 12.1 Å². The number of rotatable bonds is 5. The number of benzene rings is 2. The van der Waals surface area contributed by atoms with E-state index < -0.39 is 10.8 Å². The summed E-state index contributed by atoms with van der Waals surface area (Å²) in [4.78, 5) is 22.9. The highest BCUT2D eigenvalue weighted by atomic mass is 16.6. The van der Waals surface area contributed by atoms with Crippen LogP contribution < -0.4 is 5.32 Å². The molecule has 1 N–H and O–H groups in total. The molecule has 0 heterocycles. The van der Waals surface area contributed by atoms with Crippen LogP contribution in [0.15, 0.2) is 48.5 Å². The van der Waals surface area contributed by atoms with Gasteiger partial charge in [-0.15, -0.1) is 0 Å². The van der Waals surface area contributed by atoms with Gasteiger partial charge >= 0.3 is 0 Å². The quantitative estimate of drug-likeness (QED) is 0.658. The SMILES string of the molecule is CC[C@@H](C)c1ccccc1NC(=O)c1ccccc1[N+](=O)[O-]. The summed E-state index contributed by atoms with van der Waals surface area (Å²) in [7, 11) is 0. The molecule has 0 saturated heterocycles. The summed E-state index contributed by atoms with van der Waals surface area (Å²) in [6.45, 7) is 4.15. The first kappa shape index (κ1) is 15.7. The molecule has 5 heteroatoms. The largest absolute Gasteiger partial charge is 0.322 e. The summed E-state index contributed by atoms with van der Waals surface area (Å²) >= 11 is 0. The molecule has 0 aliphatic heterocycles. The molecule has 2 aromatic carbocycles. The standard InChI is InChI=1S/C17H18N2O3/c1-3-12(2)13-8-4-6-10-15(13)18-17(20)14-9-5-7-11-16(14)19(21)22/h4-12H,3H2,1-2H3,(H,18,20)/t12-/m1/s1. The van der Waals surface area contributed by atoms with E-state index in [4.69, 9.17) is 0 Å². The van der Waals surface area contributed by atoms with Crippen molar-refractivity contribution in [2.75, 3.05) is 5.32 Å². The number of nitro groups is 1. The molecule has 0 spiro atoms. The van der Waals surface area contributed by atoms with E-state index in [0.717, 1.165) is 12.0 Å². The third-order valence-electron chi connectivity index (χ3n) is 3.70. The van der Waals surface area contributed by atoms with E-state index in [2.05, 4.69) is 19.2 Å². The number of anilines is 1. The second-order valence-corrected chi connectivity index (χ2v) is 5.12. The van der Waals surface area contributed by atoms with Gasteiger partial charge < -0.3 is 5.32 Å². The number of nitro benzene ring substituents is 1. The maximum Gasteiger partial charge on any atom is 0.282 e. The van der Waals surface area contributed by atoms with E-state index in [1.807, 2.05) is 24.3 Å². The summed E-state index contributed by atoms with van der Waals surface area (Å²) in [6, 6.07) is 13.5. The predicted molar refractivity (Wildman–Crippen MR) is 86.2 cm³/mol. The Morgan fingerprint density at radius 1 is 1.18 bits per heavy atom. The van der Waals surface area contributed by atoms with Gasteiger partial charge in [0.25, 0.3) is 11.6 Å². The van der Waals surface area contributed by atoms with Crippen LogP contribution in [0.25, 0.3) is 0 Å². The van der Waals surface area contributed by atoms with Crippen molar-refractivity contribution in [3.05, 3.63) is 69.8 Å². The summed E-state index contributed by atoms with van der Waals surface area (Å²) in [5, 5.41) is 13.8. The van der Waals surface area contributed by atoms with Crippen LogP contribution in [0.2, 0.25) is 0 Å². The molecule has 0 radical (unpaired) electrons. The number of amides is 1. The van der Waals surface area contributed by atoms with Crippen LogP contribution >= 0.6 is 0 Å². The number of carbonyl (C=O) groups is 1. The molecule has 0 saturated carbocycles. The average Bonchev–Trinajstić information content (AvgIpc) is 2.54. The second kappa shape index (κ2) is 6.85. The van der Waals surface area contributed by atoms with Crippen molar-refractivity contribution in [3.63, 3.8) is 0 Å². The number of hydrogen-bond donors (Lipinski definition) is 1. The van der Waals surface area contributed by atoms with Crippen LogP contribution in [0.1, 0.15) is 42.1 Å². The Morgan fingerprint density at radius 2 is 1.82 bits per heavy atom. The zero-order valence-corrected chi connectivity index (χ0v) is 12.6. The summed E-state index contributed by atoms with van der Waals surface area (Å²) in [5.41, 5.74) is 1.59. The second-order valence-electron chi connectivity index (χ2n) is 5.12. The lowest BCUT2D eigenvalue weighted by atomic mass is 9.96. The van der Waals surface area contributed by atoms with E-state index in [1.165, 1.54) is 12.1 Å². The smallest absolute Gasteiger partial charge is 0.282 e. The van der Waals surface area contributed by atoms with Gasteiger partial charge in [0.05, 0.1) is 4.92 Å². The number of nitrogens with zero attached hydrogens (tertiary/aromatic N) is 1. The number of para-hydroxylation sites is 2. The minimum absolute atomic E-state index is 0.0615. The van der Waals surface area contributed by atoms with Gasteiger partial charge in [-0.1, -0.05) is 44.2 Å². The summed E-state index contributed by atoms with van der Waals surface area (Å²) in [6.07, 6.45) is 0.943. The van der Waals surface area contributed by atoms with Crippen molar-refractivity contribution in [1.29, 1.82) is 0 Å². The fraction of sp³-hybridized carbons (Fsp3) is 0.235. The van der Waals surface area contributed by atoms with Gasteiger partial charge in [0.1, 0.15) is 5.56 Å².